The minimum absolute atomic E-state index is 0.0584. The SMILES string of the molecule is C=CC[C@@H]1OC(C)(C)O[C@@H]1C(C)/C=C\[C@@H](C)[C@H](C)O[Si](C)(C)C(C)(C)C.CC(/C=C\[C@@H](C)[C@H](C)O[Si](C)(C)C(C)(C)C)[C@H]1OC(C)(C)O[C@H]1C/C=C/c1cc(NC(=O)OC(C)(C)C)cc2c1C(=O)OC(C)(C)O2.CC(C)(C)OC(=O)Nc1cc2c(c(OS(=O)(=O)C(F)(F)F)c1)C(=O)OC(C)(C)O2. The number of cyclic esters (lactones) is 2. The van der Waals surface area contributed by atoms with Gasteiger partial charge in [-0.25, -0.2) is 19.2 Å². The largest absolute Gasteiger partial charge is 0.534 e. The first-order valence-corrected chi connectivity index (χ1v) is 42.0. The maximum Gasteiger partial charge on any atom is 0.534 e. The van der Waals surface area contributed by atoms with E-state index >= 15 is 0 Å². The maximum absolute atomic E-state index is 13.1. The summed E-state index contributed by atoms with van der Waals surface area (Å²) >= 11 is 0. The second kappa shape index (κ2) is 32.9. The van der Waals surface area contributed by atoms with Crippen LogP contribution in [0.2, 0.25) is 36.3 Å². The smallest absolute Gasteiger partial charge is 0.452 e. The van der Waals surface area contributed by atoms with Crippen LogP contribution in [0.15, 0.2) is 67.3 Å². The molecule has 2 aromatic carbocycles. The minimum atomic E-state index is -6.12. The first kappa shape index (κ1) is 88.6. The number of benzene rings is 2. The van der Waals surface area contributed by atoms with Gasteiger partial charge in [0.05, 0.1) is 30.1 Å². The third-order valence-electron chi connectivity index (χ3n) is 17.8. The number of hydrogen-bond donors (Lipinski definition) is 2. The molecule has 2 aromatic rings. The number of carbonyl (C=O) groups is 4. The summed E-state index contributed by atoms with van der Waals surface area (Å²) in [5.41, 5.74) is -6.98. The second-order valence-corrected chi connectivity index (χ2v) is 44.7. The third kappa shape index (κ3) is 26.1. The summed E-state index contributed by atoms with van der Waals surface area (Å²) in [5, 5.41) is 5.35. The van der Waals surface area contributed by atoms with E-state index in [0.29, 0.717) is 35.4 Å². The number of anilines is 2. The minimum Gasteiger partial charge on any atom is -0.452 e. The van der Waals surface area contributed by atoms with Crippen LogP contribution in [0, 0.1) is 23.7 Å². The highest BCUT2D eigenvalue weighted by Gasteiger charge is 2.51. The summed E-state index contributed by atoms with van der Waals surface area (Å²) in [6.45, 7) is 63.7. The zero-order valence-corrected chi connectivity index (χ0v) is 68.9. The van der Waals surface area contributed by atoms with Crippen molar-refractivity contribution in [3.05, 3.63) is 84.0 Å². The lowest BCUT2D eigenvalue weighted by Gasteiger charge is -2.39. The third-order valence-corrected chi connectivity index (χ3v) is 27.9. The predicted octanol–water partition coefficient (Wildman–Crippen LogP) is 19.3. The van der Waals surface area contributed by atoms with Gasteiger partial charge in [0.15, 0.2) is 34.0 Å². The number of amides is 2. The number of ether oxygens (including phenoxy) is 10. The van der Waals surface area contributed by atoms with Gasteiger partial charge in [-0.2, -0.15) is 21.6 Å². The van der Waals surface area contributed by atoms with E-state index in [1.165, 1.54) is 13.8 Å². The molecule has 0 bridgehead atoms. The molecule has 21 nitrogen and oxygen atoms in total. The first-order chi connectivity index (χ1) is 45.9. The van der Waals surface area contributed by atoms with Crippen LogP contribution in [0.5, 0.6) is 17.2 Å². The van der Waals surface area contributed by atoms with Crippen LogP contribution < -0.4 is 24.3 Å². The molecule has 4 aliphatic rings. The highest BCUT2D eigenvalue weighted by atomic mass is 32.2. The fourth-order valence-corrected chi connectivity index (χ4v) is 13.9. The zero-order chi connectivity index (χ0) is 78.5. The Hall–Kier alpha value is -5.79. The Morgan fingerprint density at radius 2 is 0.931 bits per heavy atom. The molecule has 2 N–H and O–H groups in total. The average molecular weight is 1500 g/mol. The van der Waals surface area contributed by atoms with E-state index in [1.807, 2.05) is 45.9 Å². The quantitative estimate of drug-likeness (QED) is 0.0294. The zero-order valence-electron chi connectivity index (χ0n) is 66.0. The Morgan fingerprint density at radius 3 is 1.30 bits per heavy atom. The molecule has 2 fully saturated rings. The highest BCUT2D eigenvalue weighted by molar-refractivity contribution is 7.88. The number of alkyl halides is 3. The lowest BCUT2D eigenvalue weighted by molar-refractivity contribution is -0.148. The van der Waals surface area contributed by atoms with Gasteiger partial charge in [-0.05, 0) is 156 Å². The Morgan fingerprint density at radius 1 is 0.559 bits per heavy atom. The van der Waals surface area contributed by atoms with E-state index in [1.54, 1.807) is 67.5 Å². The first-order valence-electron chi connectivity index (χ1n) is 34.8. The van der Waals surface area contributed by atoms with Crippen LogP contribution in [0.1, 0.15) is 219 Å². The topological polar surface area (TPSA) is 246 Å². The molecule has 4 heterocycles. The second-order valence-electron chi connectivity index (χ2n) is 33.6. The van der Waals surface area contributed by atoms with Gasteiger partial charge in [-0.3, -0.25) is 10.6 Å². The van der Waals surface area contributed by atoms with E-state index in [0.717, 1.165) is 12.5 Å². The molecule has 4 aliphatic heterocycles. The molecule has 0 aliphatic carbocycles. The molecule has 578 valence electrons. The van der Waals surface area contributed by atoms with E-state index in [9.17, 15) is 40.8 Å². The average Bonchev–Trinajstić information content (AvgIpc) is 1.11. The monoisotopic (exact) mass is 1500 g/mol. The van der Waals surface area contributed by atoms with Crippen molar-refractivity contribution < 1.29 is 101 Å². The molecule has 6 rings (SSSR count). The lowest BCUT2D eigenvalue weighted by atomic mass is 9.94. The van der Waals surface area contributed by atoms with Gasteiger partial charge in [0.2, 0.25) is 11.6 Å². The van der Waals surface area contributed by atoms with E-state index < -0.39 is 102 Å². The lowest BCUT2D eigenvalue weighted by Crippen LogP contribution is -2.44. The van der Waals surface area contributed by atoms with E-state index in [2.05, 4.69) is 155 Å². The Labute approximate surface area is 607 Å². The van der Waals surface area contributed by atoms with Gasteiger partial charge >= 0.3 is 39.8 Å². The molecule has 2 saturated heterocycles. The number of carbonyl (C=O) groups excluding carboxylic acids is 4. The molecule has 2 unspecified atom stereocenters. The Kier molecular flexibility index (Phi) is 28.6. The summed E-state index contributed by atoms with van der Waals surface area (Å²) in [4.78, 5) is 49.8. The Balaban J connectivity index is 0.000000345. The molecule has 0 radical (unpaired) electrons. The van der Waals surface area contributed by atoms with Crippen molar-refractivity contribution in [3.8, 4) is 17.2 Å². The number of halogens is 3. The van der Waals surface area contributed by atoms with Crippen LogP contribution in [0.25, 0.3) is 6.08 Å². The van der Waals surface area contributed by atoms with Crippen LogP contribution in [0.4, 0.5) is 34.1 Å². The number of fused-ring (bicyclic) bond motifs is 2. The fraction of sp³-hybridized carbons (Fsp3) is 0.680. The van der Waals surface area contributed by atoms with Gasteiger partial charge < -0.3 is 60.4 Å². The number of rotatable bonds is 21. The van der Waals surface area contributed by atoms with Gasteiger partial charge in [0.1, 0.15) is 33.8 Å². The van der Waals surface area contributed by atoms with Crippen molar-refractivity contribution in [1.82, 2.24) is 0 Å². The van der Waals surface area contributed by atoms with Crippen molar-refractivity contribution >= 4 is 68.3 Å². The molecule has 0 spiro atoms. The molecule has 10 atom stereocenters. The van der Waals surface area contributed by atoms with E-state index in [4.69, 9.17) is 56.2 Å². The summed E-state index contributed by atoms with van der Waals surface area (Å²) < 4.78 is 135. The molecule has 0 aromatic heterocycles. The maximum atomic E-state index is 13.1. The van der Waals surface area contributed by atoms with Crippen molar-refractivity contribution in [3.63, 3.8) is 0 Å². The van der Waals surface area contributed by atoms with Gasteiger partial charge in [0, 0.05) is 75.6 Å². The normalized spacial score (nSPS) is 22.3. The molecular weight excluding hydrogens is 1380 g/mol. The van der Waals surface area contributed by atoms with Crippen molar-refractivity contribution in [2.24, 2.45) is 23.7 Å². The molecule has 102 heavy (non-hydrogen) atoms. The summed E-state index contributed by atoms with van der Waals surface area (Å²) in [6.07, 6.45) is 14.5. The van der Waals surface area contributed by atoms with Crippen LogP contribution >= 0.6 is 0 Å². The number of nitrogens with one attached hydrogen (secondary N) is 2. The van der Waals surface area contributed by atoms with Crippen LogP contribution in [-0.2, 0) is 56.9 Å². The number of esters is 2. The highest BCUT2D eigenvalue weighted by Crippen LogP contribution is 2.45. The summed E-state index contributed by atoms with van der Waals surface area (Å²) in [5.74, 6) is -5.71. The van der Waals surface area contributed by atoms with Crippen molar-refractivity contribution in [2.75, 3.05) is 10.6 Å². The number of hydrogen-bond acceptors (Lipinski definition) is 19. The van der Waals surface area contributed by atoms with Gasteiger partial charge in [-0.1, -0.05) is 112 Å². The molecular formula is C75H119F3N2O19SSi2. The van der Waals surface area contributed by atoms with E-state index in [-0.39, 0.29) is 81.5 Å². The summed E-state index contributed by atoms with van der Waals surface area (Å²) in [6, 6.07) is 5.11. The van der Waals surface area contributed by atoms with Crippen LogP contribution in [0.3, 0.4) is 0 Å². The van der Waals surface area contributed by atoms with Crippen molar-refractivity contribution in [1.29, 1.82) is 0 Å². The standard InChI is InChI=1S/C37H59NO8Si.C22H42O3Si.C16H18F3NO8S/c1-23(25(3)46-47(14,15)35(7,8)9)19-20-24(2)31-28(41-36(10,11)43-31)18-16-17-26-21-27(38-33(40)45-34(4,5)6)22-29-30(26)32(39)44-37(12,13)42-29;1-12-13-19-20(24-22(8,9)23-19)17(3)15-14-16(2)18(4)25-26(10,11)21(5,6)7;1-14(2,3)27-13(22)20-8-6-9-11(12(21)26-15(4,5)25-9)10(7-8)28-29(23,24)16(17,18)19/h16-17,19-25,28,31H,18H2,1-15H3,(H,38,40);12,14-20H,1,13H2,2-11H3;6-7H,1-5H3,(H,20,22)/b17-16+,20-19-;15-14-;/t23-,24?,25+,28+,31-;16-,17?,18+,19+,20-;/m11./s1. The predicted molar refractivity (Wildman–Crippen MR) is 395 cm³/mol. The molecule has 0 saturated carbocycles. The fourth-order valence-electron chi connectivity index (χ4n) is 10.5. The van der Waals surface area contributed by atoms with Crippen LogP contribution in [-0.4, -0.2) is 126 Å². The Bertz CT molecular complexity index is 3480. The van der Waals surface area contributed by atoms with Gasteiger partial charge in [0.25, 0.3) is 0 Å². The van der Waals surface area contributed by atoms with Gasteiger partial charge in [-0.15, -0.1) is 6.58 Å². The molecule has 27 heteroatoms. The molecule has 2 amide bonds. The summed E-state index contributed by atoms with van der Waals surface area (Å²) in [7, 11) is -9.74. The van der Waals surface area contributed by atoms with Crippen molar-refractivity contribution in [2.45, 2.75) is 306 Å².